The Morgan fingerprint density at radius 2 is 1.97 bits per heavy atom. The average Bonchev–Trinajstić information content (AvgIpc) is 3.17. The first-order valence-corrected chi connectivity index (χ1v) is 11.1. The summed E-state index contributed by atoms with van der Waals surface area (Å²) in [5, 5.41) is 2.77. The lowest BCUT2D eigenvalue weighted by atomic mass is 9.93. The van der Waals surface area contributed by atoms with Crippen LogP contribution in [0.25, 0.3) is 0 Å². The summed E-state index contributed by atoms with van der Waals surface area (Å²) in [4.78, 5) is 29.1. The lowest BCUT2D eigenvalue weighted by Gasteiger charge is -2.38. The van der Waals surface area contributed by atoms with Crippen molar-refractivity contribution in [3.05, 3.63) is 63.7 Å². The molecule has 3 heterocycles. The van der Waals surface area contributed by atoms with Crippen molar-refractivity contribution in [3.63, 3.8) is 0 Å². The number of amides is 2. The van der Waals surface area contributed by atoms with Crippen molar-refractivity contribution in [3.8, 4) is 5.75 Å². The Labute approximate surface area is 183 Å². The molecule has 0 aliphatic carbocycles. The van der Waals surface area contributed by atoms with Crippen molar-refractivity contribution in [2.75, 3.05) is 13.3 Å². The SMILES string of the molecule is CC(C)C1CCCCN1C(=O)NCOc1coc(CN2Cc3ccccc3C2)cc1=O. The summed E-state index contributed by atoms with van der Waals surface area (Å²) < 4.78 is 11.1. The molecule has 166 valence electrons. The third-order valence-electron chi connectivity index (χ3n) is 6.17. The lowest BCUT2D eigenvalue weighted by molar-refractivity contribution is 0.121. The number of piperidine rings is 1. The number of urea groups is 1. The van der Waals surface area contributed by atoms with E-state index < -0.39 is 0 Å². The van der Waals surface area contributed by atoms with Gasteiger partial charge in [-0.2, -0.15) is 0 Å². The van der Waals surface area contributed by atoms with Gasteiger partial charge in [0.25, 0.3) is 0 Å². The molecule has 1 unspecified atom stereocenters. The molecule has 0 spiro atoms. The van der Waals surface area contributed by atoms with E-state index in [2.05, 4.69) is 36.2 Å². The van der Waals surface area contributed by atoms with Gasteiger partial charge in [-0.25, -0.2) is 4.79 Å². The second kappa shape index (κ2) is 9.56. The van der Waals surface area contributed by atoms with E-state index in [1.165, 1.54) is 23.5 Å². The van der Waals surface area contributed by atoms with Gasteiger partial charge in [0.2, 0.25) is 11.2 Å². The Bertz CT molecular complexity index is 946. The van der Waals surface area contributed by atoms with Crippen molar-refractivity contribution >= 4 is 6.03 Å². The largest absolute Gasteiger partial charge is 0.466 e. The minimum Gasteiger partial charge on any atom is -0.466 e. The van der Waals surface area contributed by atoms with Gasteiger partial charge in [-0.1, -0.05) is 38.1 Å². The van der Waals surface area contributed by atoms with E-state index in [-0.39, 0.29) is 30.0 Å². The molecule has 2 aromatic rings. The molecule has 0 saturated carbocycles. The molecule has 1 aromatic heterocycles. The highest BCUT2D eigenvalue weighted by molar-refractivity contribution is 5.74. The van der Waals surface area contributed by atoms with Gasteiger partial charge in [-0.15, -0.1) is 0 Å². The highest BCUT2D eigenvalue weighted by Crippen LogP contribution is 2.24. The van der Waals surface area contributed by atoms with E-state index in [9.17, 15) is 9.59 Å². The first-order chi connectivity index (χ1) is 15.0. The fourth-order valence-electron chi connectivity index (χ4n) is 4.54. The van der Waals surface area contributed by atoms with Crippen LogP contribution >= 0.6 is 0 Å². The first-order valence-electron chi connectivity index (χ1n) is 11.1. The highest BCUT2D eigenvalue weighted by atomic mass is 16.5. The number of nitrogens with zero attached hydrogens (tertiary/aromatic N) is 2. The Balaban J connectivity index is 1.28. The lowest BCUT2D eigenvalue weighted by Crippen LogP contribution is -2.51. The van der Waals surface area contributed by atoms with E-state index in [1.807, 2.05) is 17.0 Å². The molecule has 4 rings (SSSR count). The van der Waals surface area contributed by atoms with Crippen LogP contribution in [0.3, 0.4) is 0 Å². The summed E-state index contributed by atoms with van der Waals surface area (Å²) in [6, 6.07) is 9.92. The molecule has 1 saturated heterocycles. The molecule has 7 nitrogen and oxygen atoms in total. The Morgan fingerprint density at radius 1 is 1.23 bits per heavy atom. The van der Waals surface area contributed by atoms with Gasteiger partial charge >= 0.3 is 6.03 Å². The molecule has 0 radical (unpaired) electrons. The van der Waals surface area contributed by atoms with E-state index in [0.717, 1.165) is 38.9 Å². The number of rotatable bonds is 6. The zero-order valence-corrected chi connectivity index (χ0v) is 18.3. The number of carbonyl (C=O) groups excluding carboxylic acids is 1. The van der Waals surface area contributed by atoms with Crippen LogP contribution in [0.2, 0.25) is 0 Å². The van der Waals surface area contributed by atoms with Gasteiger partial charge in [-0.3, -0.25) is 9.69 Å². The normalized spacial score (nSPS) is 18.8. The number of hydrogen-bond donors (Lipinski definition) is 1. The maximum absolute atomic E-state index is 12.6. The second-order valence-corrected chi connectivity index (χ2v) is 8.76. The molecule has 1 N–H and O–H groups in total. The quantitative estimate of drug-likeness (QED) is 0.714. The zero-order chi connectivity index (χ0) is 21.8. The van der Waals surface area contributed by atoms with Crippen molar-refractivity contribution in [2.45, 2.75) is 58.8 Å². The third-order valence-corrected chi connectivity index (χ3v) is 6.17. The number of ether oxygens (including phenoxy) is 1. The molecular formula is C24H31N3O4. The maximum Gasteiger partial charge on any atom is 0.320 e. The molecule has 2 amide bonds. The summed E-state index contributed by atoms with van der Waals surface area (Å²) in [6.07, 6.45) is 4.54. The van der Waals surface area contributed by atoms with Gasteiger partial charge in [0.1, 0.15) is 12.0 Å². The van der Waals surface area contributed by atoms with Crippen LogP contribution in [0.1, 0.15) is 50.0 Å². The van der Waals surface area contributed by atoms with Crippen LogP contribution in [-0.4, -0.2) is 35.1 Å². The van der Waals surface area contributed by atoms with Crippen molar-refractivity contribution in [1.29, 1.82) is 0 Å². The minimum absolute atomic E-state index is 0.0638. The van der Waals surface area contributed by atoms with Crippen LogP contribution in [0, 0.1) is 5.92 Å². The number of benzene rings is 1. The highest BCUT2D eigenvalue weighted by Gasteiger charge is 2.28. The third kappa shape index (κ3) is 5.10. The second-order valence-electron chi connectivity index (χ2n) is 8.76. The predicted octanol–water partition coefficient (Wildman–Crippen LogP) is 3.71. The van der Waals surface area contributed by atoms with Crippen LogP contribution in [0.4, 0.5) is 4.79 Å². The Hall–Kier alpha value is -2.80. The molecule has 2 aliphatic rings. The molecule has 1 aromatic carbocycles. The Kier molecular flexibility index (Phi) is 6.61. The fraction of sp³-hybridized carbons (Fsp3) is 0.500. The van der Waals surface area contributed by atoms with Gasteiger partial charge in [-0.05, 0) is 36.3 Å². The van der Waals surface area contributed by atoms with Gasteiger partial charge in [0.15, 0.2) is 6.73 Å². The zero-order valence-electron chi connectivity index (χ0n) is 18.3. The summed E-state index contributed by atoms with van der Waals surface area (Å²) in [7, 11) is 0. The molecule has 0 bridgehead atoms. The fourth-order valence-corrected chi connectivity index (χ4v) is 4.54. The smallest absolute Gasteiger partial charge is 0.320 e. The van der Waals surface area contributed by atoms with Crippen LogP contribution in [0.5, 0.6) is 5.75 Å². The summed E-state index contributed by atoms with van der Waals surface area (Å²) in [5.41, 5.74) is 2.38. The van der Waals surface area contributed by atoms with E-state index in [0.29, 0.717) is 18.2 Å². The topological polar surface area (TPSA) is 75.0 Å². The number of carbonyl (C=O) groups is 1. The van der Waals surface area contributed by atoms with E-state index in [1.54, 1.807) is 0 Å². The molecular weight excluding hydrogens is 394 g/mol. The summed E-state index contributed by atoms with van der Waals surface area (Å²) >= 11 is 0. The van der Waals surface area contributed by atoms with Gasteiger partial charge in [0, 0.05) is 31.7 Å². The van der Waals surface area contributed by atoms with Gasteiger partial charge in [0.05, 0.1) is 6.54 Å². The monoisotopic (exact) mass is 425 g/mol. The van der Waals surface area contributed by atoms with Crippen molar-refractivity contribution in [2.24, 2.45) is 5.92 Å². The standard InChI is InChI=1S/C24H31N3O4/c1-17(2)21-9-5-6-10-27(21)24(29)25-16-31-23-15-30-20(11-22(23)28)14-26-12-18-7-3-4-8-19(18)13-26/h3-4,7-8,11,15,17,21H,5-6,9-10,12-14,16H2,1-2H3,(H,25,29). The summed E-state index contributed by atoms with van der Waals surface area (Å²) in [5.74, 6) is 1.12. The Morgan fingerprint density at radius 3 is 2.65 bits per heavy atom. The summed E-state index contributed by atoms with van der Waals surface area (Å²) in [6.45, 7) is 7.22. The molecule has 31 heavy (non-hydrogen) atoms. The van der Waals surface area contributed by atoms with Crippen LogP contribution in [-0.2, 0) is 19.6 Å². The molecule has 1 fully saturated rings. The number of likely N-dealkylation sites (tertiary alicyclic amines) is 1. The molecule has 1 atom stereocenters. The van der Waals surface area contributed by atoms with Gasteiger partial charge < -0.3 is 19.4 Å². The van der Waals surface area contributed by atoms with Crippen molar-refractivity contribution < 1.29 is 13.9 Å². The number of nitrogens with one attached hydrogen (secondary N) is 1. The van der Waals surface area contributed by atoms with E-state index in [4.69, 9.17) is 9.15 Å². The van der Waals surface area contributed by atoms with Crippen molar-refractivity contribution in [1.82, 2.24) is 15.1 Å². The number of hydrogen-bond acceptors (Lipinski definition) is 5. The van der Waals surface area contributed by atoms with Crippen LogP contribution < -0.4 is 15.5 Å². The minimum atomic E-state index is -0.245. The molecule has 2 aliphatic heterocycles. The first kappa shape index (κ1) is 21.4. The average molecular weight is 426 g/mol. The maximum atomic E-state index is 12.6. The predicted molar refractivity (Wildman–Crippen MR) is 118 cm³/mol. The van der Waals surface area contributed by atoms with Crippen LogP contribution in [0.15, 0.2) is 45.8 Å². The number of fused-ring (bicyclic) bond motifs is 1. The molecule has 7 heteroatoms. The van der Waals surface area contributed by atoms with E-state index >= 15 is 0 Å².